The predicted molar refractivity (Wildman–Crippen MR) is 112 cm³/mol. The molecular formula is C22H30N2O3S. The molecular weight excluding hydrogens is 372 g/mol. The Labute approximate surface area is 171 Å². The highest BCUT2D eigenvalue weighted by molar-refractivity contribution is 7.09. The van der Waals surface area contributed by atoms with E-state index in [-0.39, 0.29) is 11.8 Å². The molecule has 0 N–H and O–H groups in total. The van der Waals surface area contributed by atoms with Crippen molar-refractivity contribution >= 4 is 17.2 Å². The van der Waals surface area contributed by atoms with E-state index in [0.29, 0.717) is 26.3 Å². The van der Waals surface area contributed by atoms with Gasteiger partial charge in [-0.05, 0) is 43.9 Å². The van der Waals surface area contributed by atoms with E-state index in [2.05, 4.69) is 19.9 Å². The number of nitrogens with zero attached hydrogens (tertiary/aromatic N) is 2. The summed E-state index contributed by atoms with van der Waals surface area (Å²) in [6.45, 7) is 6.30. The Balaban J connectivity index is 1.60. The van der Waals surface area contributed by atoms with Gasteiger partial charge < -0.3 is 14.4 Å². The summed E-state index contributed by atoms with van der Waals surface area (Å²) in [5, 5.41) is 2.96. The maximum absolute atomic E-state index is 12.9. The molecule has 0 saturated heterocycles. The molecule has 3 rings (SSSR count). The van der Waals surface area contributed by atoms with Gasteiger partial charge in [0.15, 0.2) is 0 Å². The van der Waals surface area contributed by atoms with E-state index in [1.807, 2.05) is 22.4 Å². The molecule has 28 heavy (non-hydrogen) atoms. The Morgan fingerprint density at radius 1 is 1.29 bits per heavy atom. The lowest BCUT2D eigenvalue weighted by atomic mass is 10.1. The first kappa shape index (κ1) is 20.8. The largest absolute Gasteiger partial charge is 0.486 e. The number of carbonyl (C=O) groups excluding carboxylic acids is 1. The molecule has 5 nitrogen and oxygen atoms in total. The van der Waals surface area contributed by atoms with Crippen LogP contribution in [0.2, 0.25) is 0 Å². The molecule has 1 aromatic heterocycles. The van der Waals surface area contributed by atoms with Gasteiger partial charge in [0.1, 0.15) is 17.4 Å². The van der Waals surface area contributed by atoms with Crippen molar-refractivity contribution in [2.75, 3.05) is 20.3 Å². The number of carbonyl (C=O) groups is 1. The zero-order valence-electron chi connectivity index (χ0n) is 17.1. The molecule has 0 atom stereocenters. The standard InChI is InChI=1S/C22H30N2O3S/c1-16-7-6-10-20(17(16)2)27-14-21-23-19(15-28-21)13-24(11-12-26-3)22(25)18-8-4-5-9-18/h6-7,10,15,18H,4-5,8-9,11-14H2,1-3H3. The van der Waals surface area contributed by atoms with Gasteiger partial charge in [-0.2, -0.15) is 0 Å². The molecule has 1 aliphatic rings. The molecule has 0 radical (unpaired) electrons. The fourth-order valence-corrected chi connectivity index (χ4v) is 4.30. The maximum Gasteiger partial charge on any atom is 0.226 e. The number of hydrogen-bond donors (Lipinski definition) is 0. The first-order valence-electron chi connectivity index (χ1n) is 9.98. The van der Waals surface area contributed by atoms with E-state index >= 15 is 0 Å². The van der Waals surface area contributed by atoms with Crippen LogP contribution >= 0.6 is 11.3 Å². The second kappa shape index (κ2) is 10.0. The molecule has 1 fully saturated rings. The molecule has 0 bridgehead atoms. The zero-order valence-corrected chi connectivity index (χ0v) is 17.9. The van der Waals surface area contributed by atoms with Gasteiger partial charge >= 0.3 is 0 Å². The summed E-state index contributed by atoms with van der Waals surface area (Å²) in [6, 6.07) is 6.08. The summed E-state index contributed by atoms with van der Waals surface area (Å²) < 4.78 is 11.2. The zero-order chi connectivity index (χ0) is 19.9. The number of aryl methyl sites for hydroxylation is 1. The summed E-state index contributed by atoms with van der Waals surface area (Å²) in [7, 11) is 1.67. The molecule has 1 amide bonds. The van der Waals surface area contributed by atoms with Gasteiger partial charge in [0.2, 0.25) is 5.91 Å². The van der Waals surface area contributed by atoms with Crippen molar-refractivity contribution in [3.63, 3.8) is 0 Å². The lowest BCUT2D eigenvalue weighted by Gasteiger charge is -2.24. The smallest absolute Gasteiger partial charge is 0.226 e. The molecule has 1 aliphatic carbocycles. The van der Waals surface area contributed by atoms with Crippen LogP contribution in [0.5, 0.6) is 5.75 Å². The molecule has 1 heterocycles. The third-order valence-electron chi connectivity index (χ3n) is 5.44. The normalized spacial score (nSPS) is 14.4. The van der Waals surface area contributed by atoms with Crippen molar-refractivity contribution in [1.29, 1.82) is 0 Å². The van der Waals surface area contributed by atoms with Crippen LogP contribution in [0.25, 0.3) is 0 Å². The molecule has 0 unspecified atom stereocenters. The van der Waals surface area contributed by atoms with Crippen LogP contribution in [0.4, 0.5) is 0 Å². The minimum absolute atomic E-state index is 0.169. The van der Waals surface area contributed by atoms with E-state index in [9.17, 15) is 4.79 Å². The van der Waals surface area contributed by atoms with Crippen molar-refractivity contribution in [1.82, 2.24) is 9.88 Å². The van der Waals surface area contributed by atoms with E-state index in [4.69, 9.17) is 14.5 Å². The van der Waals surface area contributed by atoms with E-state index in [1.165, 1.54) is 5.56 Å². The lowest BCUT2D eigenvalue weighted by molar-refractivity contribution is -0.136. The van der Waals surface area contributed by atoms with E-state index in [0.717, 1.165) is 47.7 Å². The van der Waals surface area contributed by atoms with Crippen LogP contribution in [-0.4, -0.2) is 36.1 Å². The molecule has 0 aliphatic heterocycles. The summed E-state index contributed by atoms with van der Waals surface area (Å²) in [5.41, 5.74) is 3.30. The van der Waals surface area contributed by atoms with Crippen LogP contribution in [0.1, 0.15) is 47.5 Å². The van der Waals surface area contributed by atoms with Gasteiger partial charge in [0, 0.05) is 25.0 Å². The van der Waals surface area contributed by atoms with Gasteiger partial charge in [-0.1, -0.05) is 25.0 Å². The number of methoxy groups -OCH3 is 1. The van der Waals surface area contributed by atoms with Crippen molar-refractivity contribution in [2.24, 2.45) is 5.92 Å². The Morgan fingerprint density at radius 3 is 2.82 bits per heavy atom. The molecule has 1 saturated carbocycles. The number of aromatic nitrogens is 1. The van der Waals surface area contributed by atoms with Gasteiger partial charge in [-0.15, -0.1) is 11.3 Å². The minimum Gasteiger partial charge on any atom is -0.486 e. The van der Waals surface area contributed by atoms with Crippen LogP contribution in [0.3, 0.4) is 0 Å². The number of thiazole rings is 1. The van der Waals surface area contributed by atoms with E-state index < -0.39 is 0 Å². The summed E-state index contributed by atoms with van der Waals surface area (Å²) >= 11 is 1.58. The first-order chi connectivity index (χ1) is 13.6. The van der Waals surface area contributed by atoms with Crippen LogP contribution in [0, 0.1) is 19.8 Å². The topological polar surface area (TPSA) is 51.7 Å². The number of amides is 1. The maximum atomic E-state index is 12.9. The number of ether oxygens (including phenoxy) is 2. The van der Waals surface area contributed by atoms with Crippen LogP contribution in [0.15, 0.2) is 23.6 Å². The highest BCUT2D eigenvalue weighted by Gasteiger charge is 2.27. The summed E-state index contributed by atoms with van der Waals surface area (Å²) in [5.74, 6) is 1.31. The fraction of sp³-hybridized carbons (Fsp3) is 0.545. The van der Waals surface area contributed by atoms with Crippen molar-refractivity contribution < 1.29 is 14.3 Å². The first-order valence-corrected chi connectivity index (χ1v) is 10.9. The third-order valence-corrected chi connectivity index (χ3v) is 6.31. The van der Waals surface area contributed by atoms with Gasteiger partial charge in [0.05, 0.1) is 18.8 Å². The molecule has 152 valence electrons. The molecule has 6 heteroatoms. The number of hydrogen-bond acceptors (Lipinski definition) is 5. The van der Waals surface area contributed by atoms with Crippen LogP contribution in [-0.2, 0) is 22.7 Å². The quantitative estimate of drug-likeness (QED) is 0.619. The highest BCUT2D eigenvalue weighted by Crippen LogP contribution is 2.27. The average Bonchev–Trinajstić information content (AvgIpc) is 3.38. The Kier molecular flexibility index (Phi) is 7.45. The number of rotatable bonds is 9. The molecule has 2 aromatic rings. The van der Waals surface area contributed by atoms with Gasteiger partial charge in [0.25, 0.3) is 0 Å². The van der Waals surface area contributed by atoms with Gasteiger partial charge in [-0.3, -0.25) is 4.79 Å². The Bertz CT molecular complexity index is 784. The average molecular weight is 403 g/mol. The Morgan fingerprint density at radius 2 is 2.07 bits per heavy atom. The Hall–Kier alpha value is -1.92. The van der Waals surface area contributed by atoms with Crippen molar-refractivity contribution in [3.05, 3.63) is 45.4 Å². The minimum atomic E-state index is 0.169. The van der Waals surface area contributed by atoms with Crippen molar-refractivity contribution in [2.45, 2.75) is 52.7 Å². The SMILES string of the molecule is COCCN(Cc1csc(COc2cccc(C)c2C)n1)C(=O)C1CCCC1. The summed E-state index contributed by atoms with van der Waals surface area (Å²) in [4.78, 5) is 19.5. The summed E-state index contributed by atoms with van der Waals surface area (Å²) in [6.07, 6.45) is 4.33. The predicted octanol–water partition coefficient (Wildman–Crippen LogP) is 4.50. The molecule has 0 spiro atoms. The number of benzene rings is 1. The van der Waals surface area contributed by atoms with Crippen molar-refractivity contribution in [3.8, 4) is 5.75 Å². The fourth-order valence-electron chi connectivity index (χ4n) is 3.60. The lowest BCUT2D eigenvalue weighted by Crippen LogP contribution is -2.37. The monoisotopic (exact) mass is 402 g/mol. The van der Waals surface area contributed by atoms with E-state index in [1.54, 1.807) is 18.4 Å². The van der Waals surface area contributed by atoms with Crippen LogP contribution < -0.4 is 4.74 Å². The second-order valence-electron chi connectivity index (χ2n) is 7.45. The molecule has 1 aromatic carbocycles. The highest BCUT2D eigenvalue weighted by atomic mass is 32.1. The van der Waals surface area contributed by atoms with Gasteiger partial charge in [-0.25, -0.2) is 4.98 Å². The second-order valence-corrected chi connectivity index (χ2v) is 8.40. The third kappa shape index (κ3) is 5.32.